The first-order valence-electron chi connectivity index (χ1n) is 10.6. The molecule has 1 saturated heterocycles. The van der Waals surface area contributed by atoms with Crippen LogP contribution in [0.2, 0.25) is 0 Å². The van der Waals surface area contributed by atoms with E-state index in [4.69, 9.17) is 9.47 Å². The fraction of sp³-hybridized carbons (Fsp3) is 0.250. The number of nitrogens with zero attached hydrogens (tertiary/aromatic N) is 6. The fourth-order valence-corrected chi connectivity index (χ4v) is 3.87. The molecule has 0 bridgehead atoms. The number of aromatic nitrogens is 5. The van der Waals surface area contributed by atoms with Crippen molar-refractivity contribution in [1.29, 1.82) is 0 Å². The van der Waals surface area contributed by atoms with Crippen molar-refractivity contribution in [3.8, 4) is 40.1 Å². The third-order valence-corrected chi connectivity index (χ3v) is 5.53. The predicted molar refractivity (Wildman–Crippen MR) is 121 cm³/mol. The quantitative estimate of drug-likeness (QED) is 0.448. The Bertz CT molecular complexity index is 1280. The molecule has 0 aliphatic carbocycles. The van der Waals surface area contributed by atoms with Gasteiger partial charge in [0.25, 0.3) is 0 Å². The van der Waals surface area contributed by atoms with Crippen LogP contribution in [0, 0.1) is 5.82 Å². The Morgan fingerprint density at radius 1 is 1.09 bits per heavy atom. The number of benzene rings is 1. The van der Waals surface area contributed by atoms with Crippen LogP contribution in [0.5, 0.6) is 11.6 Å². The van der Waals surface area contributed by atoms with Crippen LogP contribution in [0.25, 0.3) is 28.5 Å². The Morgan fingerprint density at radius 3 is 2.79 bits per heavy atom. The van der Waals surface area contributed by atoms with Gasteiger partial charge in [0.2, 0.25) is 5.88 Å². The van der Waals surface area contributed by atoms with Gasteiger partial charge in [-0.1, -0.05) is 12.1 Å². The maximum absolute atomic E-state index is 14.5. The van der Waals surface area contributed by atoms with Crippen LogP contribution in [0.4, 0.5) is 4.39 Å². The van der Waals surface area contributed by atoms with E-state index < -0.39 is 5.82 Å². The van der Waals surface area contributed by atoms with Crippen LogP contribution in [-0.4, -0.2) is 63.0 Å². The van der Waals surface area contributed by atoms with Gasteiger partial charge in [-0.15, -0.1) is 0 Å². The minimum absolute atomic E-state index is 0.140. The Balaban J connectivity index is 1.41. The monoisotopic (exact) mass is 446 g/mol. The van der Waals surface area contributed by atoms with Crippen molar-refractivity contribution in [2.24, 2.45) is 0 Å². The molecule has 1 aliphatic heterocycles. The van der Waals surface area contributed by atoms with E-state index in [-0.39, 0.29) is 17.5 Å². The molecule has 4 aromatic rings. The summed E-state index contributed by atoms with van der Waals surface area (Å²) in [7, 11) is 3.57. The van der Waals surface area contributed by atoms with Crippen LogP contribution in [0.15, 0.2) is 61.1 Å². The van der Waals surface area contributed by atoms with Crippen molar-refractivity contribution < 1.29 is 13.9 Å². The van der Waals surface area contributed by atoms with Crippen LogP contribution in [0.3, 0.4) is 0 Å². The lowest BCUT2D eigenvalue weighted by Crippen LogP contribution is -2.21. The van der Waals surface area contributed by atoms with Crippen molar-refractivity contribution in [3.63, 3.8) is 0 Å². The lowest BCUT2D eigenvalue weighted by atomic mass is 10.1. The normalized spacial score (nSPS) is 16.2. The van der Waals surface area contributed by atoms with Gasteiger partial charge >= 0.3 is 0 Å². The molecular weight excluding hydrogens is 423 g/mol. The van der Waals surface area contributed by atoms with Gasteiger partial charge in [-0.2, -0.15) is 10.1 Å². The fourth-order valence-electron chi connectivity index (χ4n) is 3.87. The first-order chi connectivity index (χ1) is 16.1. The van der Waals surface area contributed by atoms with Gasteiger partial charge in [-0.05, 0) is 37.7 Å². The van der Waals surface area contributed by atoms with E-state index in [2.05, 4.69) is 32.0 Å². The second kappa shape index (κ2) is 8.95. The highest BCUT2D eigenvalue weighted by Crippen LogP contribution is 2.31. The molecule has 4 heterocycles. The Kier molecular flexibility index (Phi) is 5.70. The van der Waals surface area contributed by atoms with E-state index >= 15 is 0 Å². The highest BCUT2D eigenvalue weighted by atomic mass is 19.1. The second-order valence-corrected chi connectivity index (χ2v) is 7.88. The smallest absolute Gasteiger partial charge is 0.215 e. The SMILES string of the molecule is COc1cccc(F)c1-c1nccc(-c2cnn(-c3cccc(O[C@@H]4CCN(C)C4)n3)c2)n1. The average Bonchev–Trinajstić information content (AvgIpc) is 3.48. The van der Waals surface area contributed by atoms with Gasteiger partial charge in [0.15, 0.2) is 11.6 Å². The summed E-state index contributed by atoms with van der Waals surface area (Å²) in [4.78, 5) is 15.6. The van der Waals surface area contributed by atoms with Crippen molar-refractivity contribution in [1.82, 2.24) is 29.6 Å². The Morgan fingerprint density at radius 2 is 1.97 bits per heavy atom. The molecule has 1 aromatic carbocycles. The van der Waals surface area contributed by atoms with Gasteiger partial charge in [-0.3, -0.25) is 0 Å². The molecule has 3 aromatic heterocycles. The number of methoxy groups -OCH3 is 1. The van der Waals surface area contributed by atoms with E-state index in [1.807, 2.05) is 24.4 Å². The van der Waals surface area contributed by atoms with Crippen molar-refractivity contribution >= 4 is 0 Å². The third kappa shape index (κ3) is 4.40. The number of rotatable bonds is 6. The molecule has 0 unspecified atom stereocenters. The Hall–Kier alpha value is -3.85. The molecule has 1 atom stereocenters. The number of halogens is 1. The van der Waals surface area contributed by atoms with E-state index in [9.17, 15) is 4.39 Å². The van der Waals surface area contributed by atoms with E-state index in [1.165, 1.54) is 13.2 Å². The number of pyridine rings is 1. The van der Waals surface area contributed by atoms with Crippen LogP contribution in [-0.2, 0) is 0 Å². The highest BCUT2D eigenvalue weighted by Gasteiger charge is 2.21. The maximum atomic E-state index is 14.5. The lowest BCUT2D eigenvalue weighted by Gasteiger charge is -2.13. The molecular formula is C24H23FN6O2. The minimum atomic E-state index is -0.448. The highest BCUT2D eigenvalue weighted by molar-refractivity contribution is 5.68. The van der Waals surface area contributed by atoms with Crippen molar-refractivity contribution in [2.45, 2.75) is 12.5 Å². The average molecular weight is 446 g/mol. The minimum Gasteiger partial charge on any atom is -0.496 e. The van der Waals surface area contributed by atoms with Gasteiger partial charge in [0.05, 0.1) is 24.6 Å². The zero-order valence-corrected chi connectivity index (χ0v) is 18.3. The topological polar surface area (TPSA) is 78.2 Å². The van der Waals surface area contributed by atoms with Gasteiger partial charge < -0.3 is 14.4 Å². The standard InChI is InChI=1S/C24H23FN6O2/c1-30-12-10-17(15-30)33-22-8-4-7-21(29-22)31-14-16(13-27-31)19-9-11-26-24(28-19)23-18(25)5-3-6-20(23)32-2/h3-9,11,13-14,17H,10,12,15H2,1-2H3/t17-/m1/s1. The Labute approximate surface area is 190 Å². The van der Waals surface area contributed by atoms with E-state index in [1.54, 1.807) is 35.3 Å². The van der Waals surface area contributed by atoms with Crippen LogP contribution < -0.4 is 9.47 Å². The molecule has 1 fully saturated rings. The molecule has 33 heavy (non-hydrogen) atoms. The van der Waals surface area contributed by atoms with Crippen molar-refractivity contribution in [3.05, 3.63) is 66.9 Å². The molecule has 9 heteroatoms. The van der Waals surface area contributed by atoms with Crippen LogP contribution in [0.1, 0.15) is 6.42 Å². The third-order valence-electron chi connectivity index (χ3n) is 5.53. The van der Waals surface area contributed by atoms with Gasteiger partial charge in [-0.25, -0.2) is 19.0 Å². The number of likely N-dealkylation sites (tertiary alicyclic amines) is 1. The lowest BCUT2D eigenvalue weighted by molar-refractivity contribution is 0.200. The second-order valence-electron chi connectivity index (χ2n) is 7.88. The van der Waals surface area contributed by atoms with Gasteiger partial charge in [0, 0.05) is 37.1 Å². The predicted octanol–water partition coefficient (Wildman–Crippen LogP) is 3.62. The molecule has 168 valence electrons. The number of ether oxygens (including phenoxy) is 2. The van der Waals surface area contributed by atoms with Crippen LogP contribution >= 0.6 is 0 Å². The molecule has 0 N–H and O–H groups in total. The van der Waals surface area contributed by atoms with Gasteiger partial charge in [0.1, 0.15) is 17.7 Å². The molecule has 1 aliphatic rings. The molecule has 0 radical (unpaired) electrons. The number of likely N-dealkylation sites (N-methyl/N-ethyl adjacent to an activating group) is 1. The summed E-state index contributed by atoms with van der Waals surface area (Å²) in [6, 6.07) is 12.0. The molecule has 0 spiro atoms. The molecule has 5 rings (SSSR count). The zero-order chi connectivity index (χ0) is 22.8. The summed E-state index contributed by atoms with van der Waals surface area (Å²) in [6.07, 6.45) is 6.22. The molecule has 0 amide bonds. The summed E-state index contributed by atoms with van der Waals surface area (Å²) in [5.41, 5.74) is 1.58. The zero-order valence-electron chi connectivity index (χ0n) is 18.3. The van der Waals surface area contributed by atoms with E-state index in [0.29, 0.717) is 23.1 Å². The first-order valence-corrected chi connectivity index (χ1v) is 10.6. The molecule has 8 nitrogen and oxygen atoms in total. The summed E-state index contributed by atoms with van der Waals surface area (Å²) in [5.74, 6) is 1.37. The number of hydrogen-bond donors (Lipinski definition) is 0. The van der Waals surface area contributed by atoms with Crippen molar-refractivity contribution in [2.75, 3.05) is 27.2 Å². The largest absolute Gasteiger partial charge is 0.496 e. The summed E-state index contributed by atoms with van der Waals surface area (Å²) in [5, 5.41) is 4.43. The summed E-state index contributed by atoms with van der Waals surface area (Å²) in [6.45, 7) is 1.91. The number of hydrogen-bond acceptors (Lipinski definition) is 7. The maximum Gasteiger partial charge on any atom is 0.215 e. The molecule has 0 saturated carbocycles. The summed E-state index contributed by atoms with van der Waals surface area (Å²) >= 11 is 0. The first kappa shape index (κ1) is 21.0. The summed E-state index contributed by atoms with van der Waals surface area (Å²) < 4.78 is 27.5. The van der Waals surface area contributed by atoms with E-state index in [0.717, 1.165) is 25.1 Å².